The van der Waals surface area contributed by atoms with Crippen LogP contribution in [0.25, 0.3) is 0 Å². The Hall–Kier alpha value is -2.08. The van der Waals surface area contributed by atoms with Crippen LogP contribution >= 0.6 is 0 Å². The van der Waals surface area contributed by atoms with Crippen molar-refractivity contribution in [2.75, 3.05) is 19.0 Å². The van der Waals surface area contributed by atoms with E-state index in [0.717, 1.165) is 0 Å². The summed E-state index contributed by atoms with van der Waals surface area (Å²) >= 11 is 0. The van der Waals surface area contributed by atoms with E-state index in [-0.39, 0.29) is 17.9 Å². The number of benzene rings is 1. The summed E-state index contributed by atoms with van der Waals surface area (Å²) < 4.78 is 0. The largest absolute Gasteiger partial charge is 0.347 e. The second kappa shape index (κ2) is 5.71. The maximum absolute atomic E-state index is 12.2. The quantitative estimate of drug-likeness (QED) is 0.541. The van der Waals surface area contributed by atoms with Gasteiger partial charge < -0.3 is 15.6 Å². The van der Waals surface area contributed by atoms with Crippen LogP contribution in [0.15, 0.2) is 24.3 Å². The third-order valence-corrected chi connectivity index (χ3v) is 3.29. The number of likely N-dealkylation sites (tertiary alicyclic amines) is 1. The summed E-state index contributed by atoms with van der Waals surface area (Å²) in [5.41, 5.74) is 3.59. The third-order valence-electron chi connectivity index (χ3n) is 3.29. The van der Waals surface area contributed by atoms with E-state index >= 15 is 0 Å². The van der Waals surface area contributed by atoms with E-state index in [0.29, 0.717) is 30.6 Å². The molecule has 0 aliphatic carbocycles. The smallest absolute Gasteiger partial charge is 0.253 e. The summed E-state index contributed by atoms with van der Waals surface area (Å²) in [6.07, 6.45) is 1.14. The van der Waals surface area contributed by atoms with Crippen molar-refractivity contribution in [2.45, 2.75) is 18.9 Å². The molecule has 0 radical (unpaired) electrons. The second-order valence-corrected chi connectivity index (χ2v) is 4.67. The molecule has 6 heteroatoms. The summed E-state index contributed by atoms with van der Waals surface area (Å²) in [5, 5.41) is 2.93. The van der Waals surface area contributed by atoms with E-state index < -0.39 is 0 Å². The number of rotatable bonds is 3. The van der Waals surface area contributed by atoms with Crippen molar-refractivity contribution in [1.29, 1.82) is 0 Å². The maximum Gasteiger partial charge on any atom is 0.253 e. The number of likely N-dealkylation sites (N-methyl/N-ethyl adjacent to an activating group) is 1. The van der Waals surface area contributed by atoms with E-state index in [1.54, 1.807) is 36.2 Å². The lowest BCUT2D eigenvalue weighted by Crippen LogP contribution is -2.48. The van der Waals surface area contributed by atoms with Crippen molar-refractivity contribution in [3.63, 3.8) is 0 Å². The van der Waals surface area contributed by atoms with Gasteiger partial charge in [-0.05, 0) is 18.6 Å². The van der Waals surface area contributed by atoms with Gasteiger partial charge in [0.2, 0.25) is 5.91 Å². The van der Waals surface area contributed by atoms with Crippen molar-refractivity contribution in [3.05, 3.63) is 29.8 Å². The SMILES string of the molecule is CN1CC(NC(=O)c2ccccc2NN)CCC1=O. The standard InChI is InChI=1S/C13H18N4O2/c1-17-8-9(6-7-12(17)18)15-13(19)10-4-2-3-5-11(10)16-14/h2-5,9,16H,6-8,14H2,1H3,(H,15,19). The summed E-state index contributed by atoms with van der Waals surface area (Å²) in [6, 6.07) is 7.03. The third kappa shape index (κ3) is 3.03. The number of anilines is 1. The molecule has 1 heterocycles. The fraction of sp³-hybridized carbons (Fsp3) is 0.385. The molecular weight excluding hydrogens is 244 g/mol. The van der Waals surface area contributed by atoms with E-state index in [2.05, 4.69) is 10.7 Å². The predicted molar refractivity (Wildman–Crippen MR) is 72.4 cm³/mol. The molecule has 0 spiro atoms. The van der Waals surface area contributed by atoms with Gasteiger partial charge in [0, 0.05) is 26.1 Å². The molecule has 1 aliphatic heterocycles. The minimum Gasteiger partial charge on any atom is -0.347 e. The summed E-state index contributed by atoms with van der Waals surface area (Å²) in [6.45, 7) is 0.544. The molecule has 0 saturated carbocycles. The van der Waals surface area contributed by atoms with Crippen LogP contribution in [0.4, 0.5) is 5.69 Å². The van der Waals surface area contributed by atoms with Gasteiger partial charge in [-0.3, -0.25) is 15.4 Å². The zero-order chi connectivity index (χ0) is 13.8. The average molecular weight is 262 g/mol. The Morgan fingerprint density at radius 3 is 2.84 bits per heavy atom. The number of nitrogens with zero attached hydrogens (tertiary/aromatic N) is 1. The molecule has 1 aromatic carbocycles. The number of piperidine rings is 1. The van der Waals surface area contributed by atoms with Crippen molar-refractivity contribution in [1.82, 2.24) is 10.2 Å². The molecule has 4 N–H and O–H groups in total. The minimum atomic E-state index is -0.179. The Kier molecular flexibility index (Phi) is 4.01. The molecule has 1 aliphatic rings. The highest BCUT2D eigenvalue weighted by atomic mass is 16.2. The maximum atomic E-state index is 12.2. The molecule has 102 valence electrons. The van der Waals surface area contributed by atoms with Crippen LogP contribution in [0, 0.1) is 0 Å². The van der Waals surface area contributed by atoms with Crippen LogP contribution in [0.1, 0.15) is 23.2 Å². The summed E-state index contributed by atoms with van der Waals surface area (Å²) in [7, 11) is 1.75. The van der Waals surface area contributed by atoms with Crippen molar-refractivity contribution >= 4 is 17.5 Å². The number of nitrogens with two attached hydrogens (primary N) is 1. The van der Waals surface area contributed by atoms with E-state index in [1.165, 1.54) is 0 Å². The molecule has 6 nitrogen and oxygen atoms in total. The monoisotopic (exact) mass is 262 g/mol. The molecular formula is C13H18N4O2. The first-order valence-electron chi connectivity index (χ1n) is 6.22. The molecule has 1 saturated heterocycles. The minimum absolute atomic E-state index is 0.0129. The molecule has 19 heavy (non-hydrogen) atoms. The Balaban J connectivity index is 2.03. The number of nitrogens with one attached hydrogen (secondary N) is 2. The molecule has 2 rings (SSSR count). The number of para-hydroxylation sites is 1. The zero-order valence-electron chi connectivity index (χ0n) is 10.8. The first-order chi connectivity index (χ1) is 9.11. The van der Waals surface area contributed by atoms with Gasteiger partial charge in [0.15, 0.2) is 0 Å². The molecule has 0 bridgehead atoms. The predicted octanol–water partition coefficient (Wildman–Crippen LogP) is 0.323. The average Bonchev–Trinajstić information content (AvgIpc) is 2.43. The fourth-order valence-electron chi connectivity index (χ4n) is 2.20. The lowest BCUT2D eigenvalue weighted by molar-refractivity contribution is -0.132. The number of hydrogen-bond acceptors (Lipinski definition) is 4. The van der Waals surface area contributed by atoms with Crippen molar-refractivity contribution < 1.29 is 9.59 Å². The Labute approximate surface area is 111 Å². The molecule has 0 aromatic heterocycles. The van der Waals surface area contributed by atoms with Crippen LogP contribution in [0.2, 0.25) is 0 Å². The summed E-state index contributed by atoms with van der Waals surface area (Å²) in [5.74, 6) is 5.32. The lowest BCUT2D eigenvalue weighted by atomic mass is 10.0. The topological polar surface area (TPSA) is 87.5 Å². The van der Waals surface area contributed by atoms with Crippen molar-refractivity contribution in [2.24, 2.45) is 5.84 Å². The van der Waals surface area contributed by atoms with Gasteiger partial charge in [-0.2, -0.15) is 0 Å². The lowest BCUT2D eigenvalue weighted by Gasteiger charge is -2.30. The van der Waals surface area contributed by atoms with Crippen LogP contribution < -0.4 is 16.6 Å². The molecule has 1 aromatic rings. The number of hydrazine groups is 1. The van der Waals surface area contributed by atoms with Crippen LogP contribution in [-0.4, -0.2) is 36.3 Å². The first kappa shape index (κ1) is 13.4. The number of hydrogen-bond donors (Lipinski definition) is 3. The van der Waals surface area contributed by atoms with E-state index in [1.807, 2.05) is 0 Å². The van der Waals surface area contributed by atoms with Crippen molar-refractivity contribution in [3.8, 4) is 0 Å². The van der Waals surface area contributed by atoms with Gasteiger partial charge in [0.25, 0.3) is 5.91 Å². The fourth-order valence-corrected chi connectivity index (χ4v) is 2.20. The number of nitrogen functional groups attached to an aromatic ring is 1. The Morgan fingerprint density at radius 2 is 2.16 bits per heavy atom. The highest BCUT2D eigenvalue weighted by Crippen LogP contribution is 2.15. The Bertz CT molecular complexity index is 489. The number of carbonyl (C=O) groups is 2. The zero-order valence-corrected chi connectivity index (χ0v) is 10.8. The highest BCUT2D eigenvalue weighted by molar-refractivity contribution is 5.99. The molecule has 1 fully saturated rings. The van der Waals surface area contributed by atoms with Gasteiger partial charge in [-0.25, -0.2) is 0 Å². The second-order valence-electron chi connectivity index (χ2n) is 4.67. The van der Waals surface area contributed by atoms with E-state index in [4.69, 9.17) is 5.84 Å². The normalized spacial score (nSPS) is 19.2. The van der Waals surface area contributed by atoms with Crippen LogP contribution in [0.3, 0.4) is 0 Å². The van der Waals surface area contributed by atoms with Gasteiger partial charge in [-0.1, -0.05) is 12.1 Å². The summed E-state index contributed by atoms with van der Waals surface area (Å²) in [4.78, 5) is 25.2. The number of carbonyl (C=O) groups excluding carboxylic acids is 2. The first-order valence-corrected chi connectivity index (χ1v) is 6.22. The number of amides is 2. The highest BCUT2D eigenvalue weighted by Gasteiger charge is 2.24. The van der Waals surface area contributed by atoms with Gasteiger partial charge in [-0.15, -0.1) is 0 Å². The molecule has 1 atom stereocenters. The van der Waals surface area contributed by atoms with Gasteiger partial charge in [0.1, 0.15) is 0 Å². The van der Waals surface area contributed by atoms with Gasteiger partial charge in [0.05, 0.1) is 11.3 Å². The molecule has 1 unspecified atom stereocenters. The Morgan fingerprint density at radius 1 is 1.42 bits per heavy atom. The van der Waals surface area contributed by atoms with Crippen LogP contribution in [-0.2, 0) is 4.79 Å². The van der Waals surface area contributed by atoms with Gasteiger partial charge >= 0.3 is 0 Å². The van der Waals surface area contributed by atoms with Crippen LogP contribution in [0.5, 0.6) is 0 Å². The molecule has 2 amide bonds. The van der Waals surface area contributed by atoms with E-state index in [9.17, 15) is 9.59 Å².